The van der Waals surface area contributed by atoms with E-state index in [1.165, 1.54) is 27.6 Å². The third-order valence-corrected chi connectivity index (χ3v) is 3.54. The van der Waals surface area contributed by atoms with Gasteiger partial charge in [-0.15, -0.1) is 6.58 Å². The van der Waals surface area contributed by atoms with E-state index in [0.717, 1.165) is 0 Å². The Bertz CT molecular complexity index is 928. The van der Waals surface area contributed by atoms with E-state index >= 15 is 0 Å². The highest BCUT2D eigenvalue weighted by Crippen LogP contribution is 2.20. The van der Waals surface area contributed by atoms with Gasteiger partial charge in [0, 0.05) is 12.1 Å². The molecule has 3 aromatic rings. The minimum Gasteiger partial charge on any atom is -0.258 e. The van der Waals surface area contributed by atoms with E-state index in [4.69, 9.17) is 0 Å². The highest BCUT2D eigenvalue weighted by molar-refractivity contribution is 5.35. The number of rotatable bonds is 5. The summed E-state index contributed by atoms with van der Waals surface area (Å²) in [5.41, 5.74) is 0.796. The number of nitro benzene ring substituents is 1. The quantitative estimate of drug-likeness (QED) is 0.407. The van der Waals surface area contributed by atoms with E-state index in [9.17, 15) is 14.9 Å². The molecule has 0 saturated heterocycles. The van der Waals surface area contributed by atoms with Crippen molar-refractivity contribution in [3.8, 4) is 5.69 Å². The summed E-state index contributed by atoms with van der Waals surface area (Å²) in [5.74, 6) is 0. The maximum Gasteiger partial charge on any atom is 0.369 e. The van der Waals surface area contributed by atoms with Crippen molar-refractivity contribution < 1.29 is 4.92 Å². The fourth-order valence-corrected chi connectivity index (χ4v) is 2.33. The highest BCUT2D eigenvalue weighted by Gasteiger charge is 2.18. The van der Waals surface area contributed by atoms with Gasteiger partial charge < -0.3 is 0 Å². The number of aromatic nitrogens is 4. The van der Waals surface area contributed by atoms with Crippen LogP contribution in [0.5, 0.6) is 0 Å². The highest BCUT2D eigenvalue weighted by atomic mass is 16.6. The Morgan fingerprint density at radius 3 is 2.33 bits per heavy atom. The molecule has 2 aromatic carbocycles. The molecule has 0 aliphatic rings. The summed E-state index contributed by atoms with van der Waals surface area (Å²) in [6.07, 6.45) is 1.53. The molecule has 1 unspecified atom stereocenters. The molecule has 0 bridgehead atoms. The molecule has 0 radical (unpaired) electrons. The summed E-state index contributed by atoms with van der Waals surface area (Å²) >= 11 is 0. The molecule has 3 rings (SSSR count). The molecule has 24 heavy (non-hydrogen) atoms. The predicted molar refractivity (Wildman–Crippen MR) is 87.1 cm³/mol. The Labute approximate surface area is 136 Å². The van der Waals surface area contributed by atoms with Crippen molar-refractivity contribution in [3.05, 3.63) is 93.4 Å². The largest absolute Gasteiger partial charge is 0.369 e. The van der Waals surface area contributed by atoms with Crippen LogP contribution in [0.3, 0.4) is 0 Å². The molecule has 8 nitrogen and oxygen atoms in total. The van der Waals surface area contributed by atoms with Crippen LogP contribution < -0.4 is 5.69 Å². The van der Waals surface area contributed by atoms with Crippen molar-refractivity contribution in [2.75, 3.05) is 0 Å². The third kappa shape index (κ3) is 2.72. The topological polar surface area (TPSA) is 95.8 Å². The van der Waals surface area contributed by atoms with Gasteiger partial charge in [0.2, 0.25) is 0 Å². The second-order valence-corrected chi connectivity index (χ2v) is 4.98. The standard InChI is InChI=1S/C16H13N5O3/c1-2-15(12-8-10-14(11-9-12)21(23)24)20-16(22)19(17-18-20)13-6-4-3-5-7-13/h2-11,15H,1H2. The predicted octanol–water partition coefficient (Wildman–Crippen LogP) is 2.11. The minimum absolute atomic E-state index is 0.0261. The summed E-state index contributed by atoms with van der Waals surface area (Å²) in [6, 6.07) is 14.2. The van der Waals surface area contributed by atoms with E-state index in [1.807, 2.05) is 6.07 Å². The molecule has 0 saturated carbocycles. The van der Waals surface area contributed by atoms with Crippen LogP contribution >= 0.6 is 0 Å². The minimum atomic E-state index is -0.573. The zero-order valence-corrected chi connectivity index (χ0v) is 12.5. The molecule has 1 aromatic heterocycles. The average Bonchev–Trinajstić information content (AvgIpc) is 2.98. The molecule has 0 fully saturated rings. The van der Waals surface area contributed by atoms with Gasteiger partial charge >= 0.3 is 5.69 Å². The smallest absolute Gasteiger partial charge is 0.258 e. The van der Waals surface area contributed by atoms with E-state index in [1.54, 1.807) is 36.4 Å². The molecule has 0 N–H and O–H groups in total. The number of tetrazole rings is 1. The molecule has 8 heteroatoms. The SMILES string of the molecule is C=CC(c1ccc([N+](=O)[O-])cc1)n1nnn(-c2ccccc2)c1=O. The first-order valence-corrected chi connectivity index (χ1v) is 7.08. The lowest BCUT2D eigenvalue weighted by Gasteiger charge is -2.11. The third-order valence-electron chi connectivity index (χ3n) is 3.54. The van der Waals surface area contributed by atoms with Crippen LogP contribution in [0.25, 0.3) is 5.69 Å². The average molecular weight is 323 g/mol. The van der Waals surface area contributed by atoms with Crippen molar-refractivity contribution in [3.63, 3.8) is 0 Å². The number of nitro groups is 1. The number of benzene rings is 2. The lowest BCUT2D eigenvalue weighted by atomic mass is 10.1. The number of allylic oxidation sites excluding steroid dienone is 1. The number of nitrogens with zero attached hydrogens (tertiary/aromatic N) is 5. The Morgan fingerprint density at radius 2 is 1.75 bits per heavy atom. The Kier molecular flexibility index (Phi) is 4.02. The Hall–Kier alpha value is -3.55. The molecular weight excluding hydrogens is 310 g/mol. The summed E-state index contributed by atoms with van der Waals surface area (Å²) in [4.78, 5) is 22.8. The van der Waals surface area contributed by atoms with Crippen LogP contribution in [-0.4, -0.2) is 24.7 Å². The lowest BCUT2D eigenvalue weighted by molar-refractivity contribution is -0.384. The maximum atomic E-state index is 12.6. The lowest BCUT2D eigenvalue weighted by Crippen LogP contribution is -2.27. The molecule has 0 spiro atoms. The van der Waals surface area contributed by atoms with Crippen LogP contribution in [0.15, 0.2) is 72.0 Å². The normalized spacial score (nSPS) is 11.8. The first-order valence-electron chi connectivity index (χ1n) is 7.08. The Morgan fingerprint density at radius 1 is 1.08 bits per heavy atom. The van der Waals surface area contributed by atoms with Gasteiger partial charge in [0.1, 0.15) is 6.04 Å². The first-order chi connectivity index (χ1) is 11.6. The zero-order valence-electron chi connectivity index (χ0n) is 12.5. The summed E-state index contributed by atoms with van der Waals surface area (Å²) < 4.78 is 2.36. The number of hydrogen-bond acceptors (Lipinski definition) is 5. The molecule has 1 heterocycles. The van der Waals surface area contributed by atoms with Gasteiger partial charge in [0.15, 0.2) is 0 Å². The molecular formula is C16H13N5O3. The van der Waals surface area contributed by atoms with Crippen LogP contribution in [0.2, 0.25) is 0 Å². The van der Waals surface area contributed by atoms with Gasteiger partial charge in [0.25, 0.3) is 5.69 Å². The molecule has 1 atom stereocenters. The van der Waals surface area contributed by atoms with Gasteiger partial charge in [-0.25, -0.2) is 4.79 Å². The van der Waals surface area contributed by atoms with E-state index in [2.05, 4.69) is 17.0 Å². The van der Waals surface area contributed by atoms with Crippen LogP contribution in [0.1, 0.15) is 11.6 Å². The van der Waals surface area contributed by atoms with Crippen molar-refractivity contribution in [1.29, 1.82) is 0 Å². The zero-order chi connectivity index (χ0) is 17.1. The van der Waals surface area contributed by atoms with E-state index in [0.29, 0.717) is 11.3 Å². The summed E-state index contributed by atoms with van der Waals surface area (Å²) in [7, 11) is 0. The van der Waals surface area contributed by atoms with Crippen molar-refractivity contribution >= 4 is 5.69 Å². The Balaban J connectivity index is 2.00. The van der Waals surface area contributed by atoms with Gasteiger partial charge in [-0.05, 0) is 40.3 Å². The second kappa shape index (κ2) is 6.29. The van der Waals surface area contributed by atoms with E-state index < -0.39 is 16.7 Å². The monoisotopic (exact) mass is 323 g/mol. The van der Waals surface area contributed by atoms with Gasteiger partial charge in [-0.1, -0.05) is 24.3 Å². The van der Waals surface area contributed by atoms with Crippen molar-refractivity contribution in [1.82, 2.24) is 19.8 Å². The molecule has 0 aliphatic carbocycles. The van der Waals surface area contributed by atoms with Crippen LogP contribution in [0.4, 0.5) is 5.69 Å². The van der Waals surface area contributed by atoms with Crippen molar-refractivity contribution in [2.24, 2.45) is 0 Å². The van der Waals surface area contributed by atoms with E-state index in [-0.39, 0.29) is 5.69 Å². The van der Waals surface area contributed by atoms with Crippen LogP contribution in [-0.2, 0) is 0 Å². The first kappa shape index (κ1) is 15.3. The molecule has 120 valence electrons. The van der Waals surface area contributed by atoms with Gasteiger partial charge in [0.05, 0.1) is 10.6 Å². The van der Waals surface area contributed by atoms with Gasteiger partial charge in [-0.2, -0.15) is 9.36 Å². The number of non-ortho nitro benzene ring substituents is 1. The molecule has 0 aliphatic heterocycles. The second-order valence-electron chi connectivity index (χ2n) is 4.98. The number of para-hydroxylation sites is 1. The van der Waals surface area contributed by atoms with Gasteiger partial charge in [-0.3, -0.25) is 10.1 Å². The fourth-order valence-electron chi connectivity index (χ4n) is 2.33. The van der Waals surface area contributed by atoms with Crippen LogP contribution in [0, 0.1) is 10.1 Å². The summed E-state index contributed by atoms with van der Waals surface area (Å²) in [5, 5.41) is 18.5. The fraction of sp³-hybridized carbons (Fsp3) is 0.0625. The maximum absolute atomic E-state index is 12.6. The number of hydrogen-bond donors (Lipinski definition) is 0. The summed E-state index contributed by atoms with van der Waals surface area (Å²) in [6.45, 7) is 3.72. The molecule has 0 amide bonds. The van der Waals surface area contributed by atoms with Crippen molar-refractivity contribution in [2.45, 2.75) is 6.04 Å².